The first-order valence-corrected chi connectivity index (χ1v) is 5.39. The van der Waals surface area contributed by atoms with Gasteiger partial charge >= 0.3 is 11.9 Å². The molecule has 0 aromatic carbocycles. The van der Waals surface area contributed by atoms with Crippen LogP contribution in [0.1, 0.15) is 6.42 Å². The first kappa shape index (κ1) is 16.6. The third-order valence-electron chi connectivity index (χ3n) is 2.13. The molecule has 0 unspecified atom stereocenters. The predicted octanol–water partition coefficient (Wildman–Crippen LogP) is 0.162. The zero-order valence-corrected chi connectivity index (χ0v) is 10.5. The SMILES string of the molecule is C#CC(=O)C1=CCCN(C)C1.O=C(O)/C=C/C(=O)O. The van der Waals surface area contributed by atoms with Gasteiger partial charge in [-0.05, 0) is 19.4 Å². The van der Waals surface area contributed by atoms with Gasteiger partial charge in [-0.2, -0.15) is 0 Å². The Balaban J connectivity index is 0.000000362. The Hall–Kier alpha value is -2.39. The second-order valence-electron chi connectivity index (χ2n) is 3.74. The summed E-state index contributed by atoms with van der Waals surface area (Å²) in [6, 6.07) is 0. The van der Waals surface area contributed by atoms with E-state index in [0.717, 1.165) is 18.5 Å². The maximum Gasteiger partial charge on any atom is 0.328 e. The normalized spacial score (nSPS) is 14.8. The molecule has 1 aliphatic heterocycles. The molecule has 0 saturated carbocycles. The Morgan fingerprint density at radius 2 is 1.84 bits per heavy atom. The van der Waals surface area contributed by atoms with Crippen LogP contribution in [-0.2, 0) is 14.4 Å². The average Bonchev–Trinajstić information content (AvgIpc) is 2.36. The summed E-state index contributed by atoms with van der Waals surface area (Å²) in [5, 5.41) is 15.6. The molecule has 1 aliphatic rings. The van der Waals surface area contributed by atoms with E-state index in [1.54, 1.807) is 0 Å². The van der Waals surface area contributed by atoms with Crippen molar-refractivity contribution in [2.24, 2.45) is 0 Å². The van der Waals surface area contributed by atoms with Gasteiger partial charge in [-0.25, -0.2) is 9.59 Å². The Morgan fingerprint density at radius 1 is 1.32 bits per heavy atom. The number of carboxylic acid groups (broad SMARTS) is 2. The standard InChI is InChI=1S/C9H11NO.C4H4O4/c1-3-9(11)8-5-4-6-10(2)7-8;5-3(6)1-2-4(7)8/h1,5H,4,6-7H2,2H3;1-2H,(H,5,6)(H,7,8)/b;2-1+. The molecule has 0 radical (unpaired) electrons. The van der Waals surface area contributed by atoms with Gasteiger partial charge in [0.1, 0.15) is 0 Å². The van der Waals surface area contributed by atoms with Crippen molar-refractivity contribution in [2.45, 2.75) is 6.42 Å². The molecule has 0 aliphatic carbocycles. The minimum Gasteiger partial charge on any atom is -0.478 e. The van der Waals surface area contributed by atoms with Crippen molar-refractivity contribution < 1.29 is 24.6 Å². The van der Waals surface area contributed by atoms with Crippen molar-refractivity contribution in [1.29, 1.82) is 0 Å². The van der Waals surface area contributed by atoms with E-state index < -0.39 is 11.9 Å². The fourth-order valence-corrected chi connectivity index (χ4v) is 1.29. The number of hydrogen-bond donors (Lipinski definition) is 2. The van der Waals surface area contributed by atoms with Crippen LogP contribution >= 0.6 is 0 Å². The van der Waals surface area contributed by atoms with E-state index in [1.807, 2.05) is 13.1 Å². The lowest BCUT2D eigenvalue weighted by Gasteiger charge is -2.20. The maximum absolute atomic E-state index is 11.0. The summed E-state index contributed by atoms with van der Waals surface area (Å²) in [5.74, 6) is -0.563. The van der Waals surface area contributed by atoms with E-state index in [1.165, 1.54) is 0 Å². The third kappa shape index (κ3) is 8.35. The van der Waals surface area contributed by atoms with Crippen molar-refractivity contribution in [2.75, 3.05) is 20.1 Å². The Kier molecular flexibility index (Phi) is 7.57. The van der Waals surface area contributed by atoms with Gasteiger partial charge in [-0.15, -0.1) is 6.42 Å². The number of carbonyl (C=O) groups is 3. The molecule has 0 spiro atoms. The summed E-state index contributed by atoms with van der Waals surface area (Å²) in [6.07, 6.45) is 8.97. The van der Waals surface area contributed by atoms with E-state index in [-0.39, 0.29) is 5.78 Å². The van der Waals surface area contributed by atoms with Crippen molar-refractivity contribution in [1.82, 2.24) is 4.90 Å². The van der Waals surface area contributed by atoms with Crippen LogP contribution in [0, 0.1) is 12.3 Å². The highest BCUT2D eigenvalue weighted by molar-refractivity contribution is 6.08. The van der Waals surface area contributed by atoms with Crippen molar-refractivity contribution >= 4 is 17.7 Å². The predicted molar refractivity (Wildman–Crippen MR) is 68.4 cm³/mol. The van der Waals surface area contributed by atoms with Crippen LogP contribution in [0.4, 0.5) is 0 Å². The number of carbonyl (C=O) groups excluding carboxylic acids is 1. The third-order valence-corrected chi connectivity index (χ3v) is 2.13. The molecule has 0 aromatic rings. The minimum atomic E-state index is -1.26. The number of terminal acetylenes is 1. The van der Waals surface area contributed by atoms with Crippen molar-refractivity contribution in [3.05, 3.63) is 23.8 Å². The molecule has 102 valence electrons. The highest BCUT2D eigenvalue weighted by Crippen LogP contribution is 2.07. The minimum absolute atomic E-state index is 0.170. The number of rotatable bonds is 3. The lowest BCUT2D eigenvalue weighted by Crippen LogP contribution is -2.28. The molecule has 0 fully saturated rings. The van der Waals surface area contributed by atoms with Crippen LogP contribution < -0.4 is 0 Å². The van der Waals surface area contributed by atoms with Crippen molar-refractivity contribution in [3.63, 3.8) is 0 Å². The topological polar surface area (TPSA) is 94.9 Å². The molecule has 0 aromatic heterocycles. The molecule has 1 rings (SSSR count). The monoisotopic (exact) mass is 265 g/mol. The highest BCUT2D eigenvalue weighted by Gasteiger charge is 2.12. The molecular weight excluding hydrogens is 250 g/mol. The lowest BCUT2D eigenvalue weighted by atomic mass is 10.1. The summed E-state index contributed by atoms with van der Waals surface area (Å²) in [6.45, 7) is 1.71. The Labute approximate surface area is 111 Å². The number of likely N-dealkylation sites (N-methyl/N-ethyl adjacent to an activating group) is 1. The van der Waals surface area contributed by atoms with Gasteiger partial charge in [0.15, 0.2) is 0 Å². The van der Waals surface area contributed by atoms with E-state index in [2.05, 4.69) is 10.8 Å². The van der Waals surface area contributed by atoms with Crippen LogP contribution in [0.3, 0.4) is 0 Å². The van der Waals surface area contributed by atoms with Crippen molar-refractivity contribution in [3.8, 4) is 12.3 Å². The van der Waals surface area contributed by atoms with Crippen LogP contribution in [0.15, 0.2) is 23.8 Å². The smallest absolute Gasteiger partial charge is 0.328 e. The highest BCUT2D eigenvalue weighted by atomic mass is 16.4. The van der Waals surface area contributed by atoms with Crippen LogP contribution in [0.2, 0.25) is 0 Å². The van der Waals surface area contributed by atoms with E-state index >= 15 is 0 Å². The Bertz CT molecular complexity index is 440. The van der Waals surface area contributed by atoms with Gasteiger partial charge in [-0.1, -0.05) is 6.08 Å². The van der Waals surface area contributed by atoms with Gasteiger partial charge in [0.05, 0.1) is 0 Å². The summed E-state index contributed by atoms with van der Waals surface area (Å²) < 4.78 is 0. The second-order valence-corrected chi connectivity index (χ2v) is 3.74. The van der Waals surface area contributed by atoms with Gasteiger partial charge in [-0.3, -0.25) is 4.79 Å². The molecule has 0 amide bonds. The van der Waals surface area contributed by atoms with E-state index in [9.17, 15) is 14.4 Å². The van der Waals surface area contributed by atoms with Gasteiger partial charge in [0.25, 0.3) is 0 Å². The second kappa shape index (κ2) is 8.66. The number of Topliss-reactive ketones (excluding diaryl/α,β-unsaturated/α-hetero) is 1. The first-order valence-electron chi connectivity index (χ1n) is 5.39. The number of hydrogen-bond acceptors (Lipinski definition) is 4. The van der Waals surface area contributed by atoms with Gasteiger partial charge in [0.2, 0.25) is 5.78 Å². The quantitative estimate of drug-likeness (QED) is 0.429. The Morgan fingerprint density at radius 3 is 2.21 bits per heavy atom. The van der Waals surface area contributed by atoms with Crippen LogP contribution in [0.5, 0.6) is 0 Å². The zero-order valence-electron chi connectivity index (χ0n) is 10.5. The number of carboxylic acids is 2. The molecule has 1 heterocycles. The summed E-state index contributed by atoms with van der Waals surface area (Å²) in [4.78, 5) is 32.2. The largest absolute Gasteiger partial charge is 0.478 e. The molecule has 0 saturated heterocycles. The summed E-state index contributed by atoms with van der Waals surface area (Å²) in [5.41, 5.74) is 0.765. The molecule has 0 bridgehead atoms. The van der Waals surface area contributed by atoms with E-state index in [0.29, 0.717) is 18.7 Å². The molecule has 0 atom stereocenters. The van der Waals surface area contributed by atoms with Gasteiger partial charge < -0.3 is 15.1 Å². The summed E-state index contributed by atoms with van der Waals surface area (Å²) >= 11 is 0. The van der Waals surface area contributed by atoms with Crippen LogP contribution in [-0.4, -0.2) is 53.0 Å². The molecule has 6 heteroatoms. The summed E-state index contributed by atoms with van der Waals surface area (Å²) in [7, 11) is 1.98. The number of ketones is 1. The number of nitrogens with zero attached hydrogens (tertiary/aromatic N) is 1. The fourth-order valence-electron chi connectivity index (χ4n) is 1.29. The molecular formula is C13H15NO5. The van der Waals surface area contributed by atoms with E-state index in [4.69, 9.17) is 16.6 Å². The zero-order chi connectivity index (χ0) is 14.8. The molecule has 6 nitrogen and oxygen atoms in total. The molecule has 2 N–H and O–H groups in total. The van der Waals surface area contributed by atoms with Gasteiger partial charge in [0, 0.05) is 30.8 Å². The fraction of sp³-hybridized carbons (Fsp3) is 0.308. The lowest BCUT2D eigenvalue weighted by molar-refractivity contribution is -0.134. The first-order chi connectivity index (χ1) is 8.86. The maximum atomic E-state index is 11.0. The molecule has 19 heavy (non-hydrogen) atoms. The number of aliphatic carboxylic acids is 2. The van der Waals surface area contributed by atoms with Crippen LogP contribution in [0.25, 0.3) is 0 Å². The average molecular weight is 265 g/mol.